The van der Waals surface area contributed by atoms with Gasteiger partial charge in [-0.25, -0.2) is 0 Å². The molecule has 0 spiro atoms. The van der Waals surface area contributed by atoms with Crippen LogP contribution in [0.5, 0.6) is 0 Å². The standard InChI is InChI=1S/C12H14N2O4/c15-7-9-1-2-11(12(5-9)14(16)17)13-6-10-3-4-18-8-10/h1-2,5,7,10,13H,3-4,6,8H2. The number of nitrogens with one attached hydrogen (secondary N) is 1. The molecule has 0 radical (unpaired) electrons. The van der Waals surface area contributed by atoms with Crippen molar-refractivity contribution in [3.05, 3.63) is 33.9 Å². The first-order chi connectivity index (χ1) is 8.70. The minimum absolute atomic E-state index is 0.0708. The number of hydrogen-bond acceptors (Lipinski definition) is 5. The van der Waals surface area contributed by atoms with Gasteiger partial charge in [0.2, 0.25) is 0 Å². The molecule has 18 heavy (non-hydrogen) atoms. The number of carbonyl (C=O) groups is 1. The molecule has 2 rings (SSSR count). The highest BCUT2D eigenvalue weighted by Crippen LogP contribution is 2.26. The molecule has 6 heteroatoms. The summed E-state index contributed by atoms with van der Waals surface area (Å²) in [6, 6.07) is 4.41. The van der Waals surface area contributed by atoms with Gasteiger partial charge in [0.05, 0.1) is 11.5 Å². The molecule has 1 fully saturated rings. The third-order valence-electron chi connectivity index (χ3n) is 2.96. The molecular formula is C12H14N2O4. The van der Waals surface area contributed by atoms with Crippen LogP contribution in [0.4, 0.5) is 11.4 Å². The summed E-state index contributed by atoms with van der Waals surface area (Å²) in [6.45, 7) is 2.08. The first kappa shape index (κ1) is 12.5. The molecule has 0 saturated carbocycles. The first-order valence-electron chi connectivity index (χ1n) is 5.76. The second kappa shape index (κ2) is 5.59. The lowest BCUT2D eigenvalue weighted by atomic mass is 10.1. The third kappa shape index (κ3) is 2.84. The Morgan fingerprint density at radius 3 is 3.00 bits per heavy atom. The highest BCUT2D eigenvalue weighted by atomic mass is 16.6. The molecule has 1 aromatic rings. The van der Waals surface area contributed by atoms with Crippen LogP contribution in [-0.4, -0.2) is 31.0 Å². The van der Waals surface area contributed by atoms with Crippen molar-refractivity contribution in [3.8, 4) is 0 Å². The van der Waals surface area contributed by atoms with Crippen LogP contribution in [0.3, 0.4) is 0 Å². The summed E-state index contributed by atoms with van der Waals surface area (Å²) in [5.74, 6) is 0.385. The molecule has 1 saturated heterocycles. The maximum Gasteiger partial charge on any atom is 0.293 e. The number of hydrogen-bond donors (Lipinski definition) is 1. The predicted octanol–water partition coefficient (Wildman–Crippen LogP) is 1.86. The Balaban J connectivity index is 2.10. The van der Waals surface area contributed by atoms with Gasteiger partial charge >= 0.3 is 0 Å². The number of nitro groups is 1. The van der Waals surface area contributed by atoms with Crippen molar-refractivity contribution in [2.75, 3.05) is 25.1 Å². The lowest BCUT2D eigenvalue weighted by molar-refractivity contribution is -0.384. The number of rotatable bonds is 5. The highest BCUT2D eigenvalue weighted by Gasteiger charge is 2.18. The van der Waals surface area contributed by atoms with Gasteiger partial charge in [0, 0.05) is 30.7 Å². The third-order valence-corrected chi connectivity index (χ3v) is 2.96. The van der Waals surface area contributed by atoms with E-state index in [1.165, 1.54) is 6.07 Å². The van der Waals surface area contributed by atoms with Crippen LogP contribution in [-0.2, 0) is 4.74 Å². The van der Waals surface area contributed by atoms with Crippen molar-refractivity contribution in [1.29, 1.82) is 0 Å². The Kier molecular flexibility index (Phi) is 3.88. The zero-order valence-electron chi connectivity index (χ0n) is 9.80. The van der Waals surface area contributed by atoms with Crippen molar-refractivity contribution in [3.63, 3.8) is 0 Å². The monoisotopic (exact) mass is 250 g/mol. The van der Waals surface area contributed by atoms with Crippen LogP contribution >= 0.6 is 0 Å². The van der Waals surface area contributed by atoms with Crippen molar-refractivity contribution in [2.24, 2.45) is 5.92 Å². The lowest BCUT2D eigenvalue weighted by Crippen LogP contribution is -2.14. The van der Waals surface area contributed by atoms with Crippen LogP contribution < -0.4 is 5.32 Å². The Bertz CT molecular complexity index is 455. The Morgan fingerprint density at radius 2 is 2.39 bits per heavy atom. The van der Waals surface area contributed by atoms with Gasteiger partial charge in [0.25, 0.3) is 5.69 Å². The quantitative estimate of drug-likeness (QED) is 0.490. The number of nitro benzene ring substituents is 1. The highest BCUT2D eigenvalue weighted by molar-refractivity contribution is 5.79. The Morgan fingerprint density at radius 1 is 1.56 bits per heavy atom. The molecule has 6 nitrogen and oxygen atoms in total. The van der Waals surface area contributed by atoms with Gasteiger partial charge in [0.1, 0.15) is 12.0 Å². The molecule has 0 bridgehead atoms. The van der Waals surface area contributed by atoms with Gasteiger partial charge in [-0.1, -0.05) is 0 Å². The number of anilines is 1. The van der Waals surface area contributed by atoms with E-state index >= 15 is 0 Å². The van der Waals surface area contributed by atoms with Crippen molar-refractivity contribution >= 4 is 17.7 Å². The maximum atomic E-state index is 10.9. The van der Waals surface area contributed by atoms with Gasteiger partial charge in [-0.3, -0.25) is 14.9 Å². The van der Waals surface area contributed by atoms with Crippen LogP contribution in [0.15, 0.2) is 18.2 Å². The molecule has 1 heterocycles. The number of ether oxygens (including phenoxy) is 1. The van der Waals surface area contributed by atoms with Crippen molar-refractivity contribution in [2.45, 2.75) is 6.42 Å². The summed E-state index contributed by atoms with van der Waals surface area (Å²) in [5, 5.41) is 14.0. The lowest BCUT2D eigenvalue weighted by Gasteiger charge is -2.11. The van der Waals surface area contributed by atoms with E-state index in [2.05, 4.69) is 5.32 Å². The van der Waals surface area contributed by atoms with E-state index in [9.17, 15) is 14.9 Å². The molecular weight excluding hydrogens is 236 g/mol. The summed E-state index contributed by atoms with van der Waals surface area (Å²) in [5.41, 5.74) is 0.674. The summed E-state index contributed by atoms with van der Waals surface area (Å²) in [7, 11) is 0. The van der Waals surface area contributed by atoms with E-state index in [0.717, 1.165) is 13.0 Å². The normalized spacial score (nSPS) is 18.6. The average molecular weight is 250 g/mol. The largest absolute Gasteiger partial charge is 0.381 e. The van der Waals surface area contributed by atoms with E-state index in [0.29, 0.717) is 36.6 Å². The Labute approximate surface area is 104 Å². The predicted molar refractivity (Wildman–Crippen MR) is 65.9 cm³/mol. The van der Waals surface area contributed by atoms with Gasteiger partial charge in [0.15, 0.2) is 0 Å². The molecule has 1 N–H and O–H groups in total. The van der Waals surface area contributed by atoms with Gasteiger partial charge in [-0.2, -0.15) is 0 Å². The molecule has 1 aromatic carbocycles. The molecule has 0 aliphatic carbocycles. The van der Waals surface area contributed by atoms with E-state index in [-0.39, 0.29) is 5.69 Å². The SMILES string of the molecule is O=Cc1ccc(NCC2CCOC2)c([N+](=O)[O-])c1. The van der Waals surface area contributed by atoms with Gasteiger partial charge in [-0.15, -0.1) is 0 Å². The first-order valence-corrected chi connectivity index (χ1v) is 5.76. The molecule has 1 aliphatic heterocycles. The minimum atomic E-state index is -0.486. The number of nitrogens with zero attached hydrogens (tertiary/aromatic N) is 1. The second-order valence-electron chi connectivity index (χ2n) is 4.26. The summed E-state index contributed by atoms with van der Waals surface area (Å²) < 4.78 is 5.24. The van der Waals surface area contributed by atoms with Gasteiger partial charge in [-0.05, 0) is 18.6 Å². The fourth-order valence-corrected chi connectivity index (χ4v) is 1.92. The maximum absolute atomic E-state index is 10.9. The van der Waals surface area contributed by atoms with Crippen LogP contribution in [0.1, 0.15) is 16.8 Å². The smallest absolute Gasteiger partial charge is 0.293 e. The molecule has 0 aromatic heterocycles. The average Bonchev–Trinajstić information content (AvgIpc) is 2.89. The van der Waals surface area contributed by atoms with Crippen molar-refractivity contribution < 1.29 is 14.5 Å². The second-order valence-corrected chi connectivity index (χ2v) is 4.26. The van der Waals surface area contributed by atoms with Crippen LogP contribution in [0.25, 0.3) is 0 Å². The topological polar surface area (TPSA) is 81.5 Å². The number of aldehydes is 1. The van der Waals surface area contributed by atoms with E-state index < -0.39 is 4.92 Å². The minimum Gasteiger partial charge on any atom is -0.381 e. The molecule has 0 amide bonds. The van der Waals surface area contributed by atoms with Crippen LogP contribution in [0.2, 0.25) is 0 Å². The molecule has 96 valence electrons. The van der Waals surface area contributed by atoms with E-state index in [1.54, 1.807) is 12.1 Å². The summed E-state index contributed by atoms with van der Waals surface area (Å²) in [4.78, 5) is 21.0. The zero-order chi connectivity index (χ0) is 13.0. The number of carbonyl (C=O) groups excluding carboxylic acids is 1. The Hall–Kier alpha value is -1.95. The summed E-state index contributed by atoms with van der Waals surface area (Å²) in [6.07, 6.45) is 1.56. The molecule has 1 atom stereocenters. The fourth-order valence-electron chi connectivity index (χ4n) is 1.92. The molecule has 1 unspecified atom stereocenters. The van der Waals surface area contributed by atoms with E-state index in [4.69, 9.17) is 4.74 Å². The molecule has 1 aliphatic rings. The van der Waals surface area contributed by atoms with Crippen molar-refractivity contribution in [1.82, 2.24) is 0 Å². The fraction of sp³-hybridized carbons (Fsp3) is 0.417. The zero-order valence-corrected chi connectivity index (χ0v) is 9.80. The number of benzene rings is 1. The van der Waals surface area contributed by atoms with E-state index in [1.807, 2.05) is 0 Å². The van der Waals surface area contributed by atoms with Gasteiger partial charge < -0.3 is 10.1 Å². The van der Waals surface area contributed by atoms with Crippen LogP contribution in [0, 0.1) is 16.0 Å². The summed E-state index contributed by atoms with van der Waals surface area (Å²) >= 11 is 0.